The number of amides is 1. The van der Waals surface area contributed by atoms with Gasteiger partial charge in [-0.15, -0.1) is 0 Å². The molecule has 0 bridgehead atoms. The topological polar surface area (TPSA) is 26.8 Å². The molecule has 0 aromatic rings. The molecule has 2 rings (SSSR count). The van der Waals surface area contributed by atoms with Crippen LogP contribution in [0.5, 0.6) is 0 Å². The predicted octanol–water partition coefficient (Wildman–Crippen LogP) is 2.69. The second kappa shape index (κ2) is 9.03. The first-order valence-electron chi connectivity index (χ1n) is 9.73. The lowest BCUT2D eigenvalue weighted by Gasteiger charge is -2.40. The molecule has 0 aliphatic carbocycles. The maximum atomic E-state index is 12.1. The van der Waals surface area contributed by atoms with Crippen molar-refractivity contribution < 1.29 is 4.79 Å². The minimum Gasteiger partial charge on any atom is -0.343 e. The van der Waals surface area contributed by atoms with E-state index in [1.807, 2.05) is 0 Å². The number of likely N-dealkylation sites (tertiary alicyclic amines) is 1. The molecular weight excluding hydrogens is 286 g/mol. The summed E-state index contributed by atoms with van der Waals surface area (Å²) in [6, 6.07) is 0.729. The van der Waals surface area contributed by atoms with Gasteiger partial charge in [-0.25, -0.2) is 0 Å². The molecule has 0 saturated carbocycles. The van der Waals surface area contributed by atoms with Crippen molar-refractivity contribution in [3.8, 4) is 0 Å². The van der Waals surface area contributed by atoms with Crippen LogP contribution in [-0.4, -0.2) is 72.5 Å². The lowest BCUT2D eigenvalue weighted by Crippen LogP contribution is -2.51. The summed E-state index contributed by atoms with van der Waals surface area (Å²) in [7, 11) is 0. The van der Waals surface area contributed by atoms with Crippen LogP contribution < -0.4 is 0 Å². The molecule has 2 saturated heterocycles. The van der Waals surface area contributed by atoms with Crippen LogP contribution in [0.15, 0.2) is 0 Å². The van der Waals surface area contributed by atoms with E-state index in [-0.39, 0.29) is 0 Å². The monoisotopic (exact) mass is 323 g/mol. The molecule has 1 unspecified atom stereocenters. The van der Waals surface area contributed by atoms with Crippen molar-refractivity contribution in [3.05, 3.63) is 0 Å². The minimum absolute atomic E-state index is 0.362. The lowest BCUT2D eigenvalue weighted by molar-refractivity contribution is -0.133. The van der Waals surface area contributed by atoms with Gasteiger partial charge in [0.05, 0.1) is 0 Å². The van der Waals surface area contributed by atoms with Crippen LogP contribution in [0.25, 0.3) is 0 Å². The summed E-state index contributed by atoms with van der Waals surface area (Å²) < 4.78 is 0. The average Bonchev–Trinajstić information content (AvgIpc) is 2.55. The van der Waals surface area contributed by atoms with Crippen molar-refractivity contribution in [2.45, 2.75) is 59.4 Å². The van der Waals surface area contributed by atoms with Crippen LogP contribution >= 0.6 is 0 Å². The van der Waals surface area contributed by atoms with Gasteiger partial charge in [0.15, 0.2) is 0 Å². The largest absolute Gasteiger partial charge is 0.343 e. The molecule has 2 heterocycles. The fraction of sp³-hybridized carbons (Fsp3) is 0.947. The Kier molecular flexibility index (Phi) is 7.35. The van der Waals surface area contributed by atoms with Gasteiger partial charge in [-0.2, -0.15) is 0 Å². The van der Waals surface area contributed by atoms with Crippen molar-refractivity contribution in [2.24, 2.45) is 11.8 Å². The van der Waals surface area contributed by atoms with E-state index in [1.165, 1.54) is 52.0 Å². The second-order valence-corrected chi connectivity index (χ2v) is 8.02. The van der Waals surface area contributed by atoms with E-state index in [9.17, 15) is 4.79 Å². The molecule has 1 amide bonds. The van der Waals surface area contributed by atoms with Crippen LogP contribution in [0, 0.1) is 11.8 Å². The van der Waals surface area contributed by atoms with Gasteiger partial charge < -0.3 is 9.80 Å². The molecular formula is C19H37N3O. The average molecular weight is 324 g/mol. The number of piperazine rings is 1. The molecule has 0 aromatic heterocycles. The molecule has 4 nitrogen and oxygen atoms in total. The minimum atomic E-state index is 0.362. The number of hydrogen-bond acceptors (Lipinski definition) is 3. The zero-order valence-electron chi connectivity index (χ0n) is 15.8. The quantitative estimate of drug-likeness (QED) is 0.752. The van der Waals surface area contributed by atoms with Crippen LogP contribution in [0.1, 0.15) is 53.4 Å². The first-order chi connectivity index (χ1) is 11.0. The second-order valence-electron chi connectivity index (χ2n) is 8.02. The van der Waals surface area contributed by atoms with E-state index in [0.717, 1.165) is 25.0 Å². The van der Waals surface area contributed by atoms with Crippen LogP contribution in [0.2, 0.25) is 0 Å². The molecule has 134 valence electrons. The van der Waals surface area contributed by atoms with Gasteiger partial charge in [-0.1, -0.05) is 20.8 Å². The summed E-state index contributed by atoms with van der Waals surface area (Å²) in [5.74, 6) is 1.62. The summed E-state index contributed by atoms with van der Waals surface area (Å²) in [5, 5.41) is 0. The molecule has 2 aliphatic heterocycles. The van der Waals surface area contributed by atoms with Crippen LogP contribution in [-0.2, 0) is 4.79 Å². The van der Waals surface area contributed by atoms with Crippen molar-refractivity contribution in [3.63, 3.8) is 0 Å². The summed E-state index contributed by atoms with van der Waals surface area (Å²) in [4.78, 5) is 19.5. The van der Waals surface area contributed by atoms with Gasteiger partial charge in [0.25, 0.3) is 0 Å². The van der Waals surface area contributed by atoms with Crippen LogP contribution in [0.4, 0.5) is 0 Å². The van der Waals surface area contributed by atoms with E-state index in [4.69, 9.17) is 0 Å². The Morgan fingerprint density at radius 1 is 1.00 bits per heavy atom. The maximum Gasteiger partial charge on any atom is 0.222 e. The Bertz CT molecular complexity index is 356. The van der Waals surface area contributed by atoms with E-state index in [1.54, 1.807) is 0 Å². The maximum absolute atomic E-state index is 12.1. The van der Waals surface area contributed by atoms with E-state index < -0.39 is 0 Å². The Hall–Kier alpha value is -0.610. The van der Waals surface area contributed by atoms with E-state index in [0.29, 0.717) is 18.2 Å². The Morgan fingerprint density at radius 3 is 2.13 bits per heavy atom. The molecule has 0 aromatic carbocycles. The number of carbonyl (C=O) groups is 1. The van der Waals surface area contributed by atoms with E-state index in [2.05, 4.69) is 42.4 Å². The fourth-order valence-corrected chi connectivity index (χ4v) is 3.85. The molecule has 23 heavy (non-hydrogen) atoms. The van der Waals surface area contributed by atoms with Gasteiger partial charge >= 0.3 is 0 Å². The van der Waals surface area contributed by atoms with Gasteiger partial charge in [-0.05, 0) is 38.0 Å². The summed E-state index contributed by atoms with van der Waals surface area (Å²) >= 11 is 0. The zero-order valence-corrected chi connectivity index (χ0v) is 15.8. The number of carbonyl (C=O) groups excluding carboxylic acids is 1. The van der Waals surface area contributed by atoms with Gasteiger partial charge in [0, 0.05) is 58.3 Å². The molecule has 2 fully saturated rings. The summed E-state index contributed by atoms with van der Waals surface area (Å²) in [6.45, 7) is 17.0. The molecule has 2 aliphatic rings. The third-order valence-corrected chi connectivity index (χ3v) is 5.69. The van der Waals surface area contributed by atoms with Crippen molar-refractivity contribution in [1.29, 1.82) is 0 Å². The highest BCUT2D eigenvalue weighted by molar-refractivity contribution is 5.76. The Balaban J connectivity index is 1.66. The van der Waals surface area contributed by atoms with Gasteiger partial charge in [-0.3, -0.25) is 9.69 Å². The van der Waals surface area contributed by atoms with Crippen molar-refractivity contribution in [1.82, 2.24) is 14.7 Å². The molecule has 4 heteroatoms. The highest BCUT2D eigenvalue weighted by Gasteiger charge is 2.26. The number of nitrogens with zero attached hydrogens (tertiary/aromatic N) is 3. The van der Waals surface area contributed by atoms with Crippen molar-refractivity contribution >= 4 is 5.91 Å². The zero-order chi connectivity index (χ0) is 16.8. The van der Waals surface area contributed by atoms with E-state index >= 15 is 0 Å². The number of piperidine rings is 1. The molecule has 0 spiro atoms. The highest BCUT2D eigenvalue weighted by Crippen LogP contribution is 2.21. The first-order valence-corrected chi connectivity index (χ1v) is 9.73. The Labute approximate surface area is 143 Å². The van der Waals surface area contributed by atoms with Gasteiger partial charge in [0.1, 0.15) is 0 Å². The van der Waals surface area contributed by atoms with Crippen molar-refractivity contribution in [2.75, 3.05) is 45.8 Å². The SMILES string of the molecule is CCC(C)N1CCN(CC2CCN(C(=O)CC(C)C)CC2)CC1. The standard InChI is InChI=1S/C19H37N3O/c1-5-17(4)21-12-10-20(11-13-21)15-18-6-8-22(9-7-18)19(23)14-16(2)3/h16-18H,5-15H2,1-4H3. The summed E-state index contributed by atoms with van der Waals surface area (Å²) in [5.41, 5.74) is 0. The smallest absolute Gasteiger partial charge is 0.222 e. The third-order valence-electron chi connectivity index (χ3n) is 5.69. The molecule has 0 N–H and O–H groups in total. The third kappa shape index (κ3) is 5.75. The normalized spacial score (nSPS) is 23.4. The molecule has 1 atom stereocenters. The highest BCUT2D eigenvalue weighted by atomic mass is 16.2. The lowest BCUT2D eigenvalue weighted by atomic mass is 9.95. The number of rotatable bonds is 6. The Morgan fingerprint density at radius 2 is 1.61 bits per heavy atom. The molecule has 0 radical (unpaired) electrons. The number of hydrogen-bond donors (Lipinski definition) is 0. The van der Waals surface area contributed by atoms with Gasteiger partial charge in [0.2, 0.25) is 5.91 Å². The summed E-state index contributed by atoms with van der Waals surface area (Å²) in [6.07, 6.45) is 4.34. The first kappa shape index (κ1) is 18.7. The van der Waals surface area contributed by atoms with Crippen LogP contribution in [0.3, 0.4) is 0 Å². The predicted molar refractivity (Wildman–Crippen MR) is 96.5 cm³/mol. The fourth-order valence-electron chi connectivity index (χ4n) is 3.85.